The zero-order chi connectivity index (χ0) is 26.5. The summed E-state index contributed by atoms with van der Waals surface area (Å²) >= 11 is 0. The molecule has 0 aliphatic rings. The van der Waals surface area contributed by atoms with Gasteiger partial charge in [0.2, 0.25) is 0 Å². The van der Waals surface area contributed by atoms with Crippen LogP contribution < -0.4 is 9.50 Å². The van der Waals surface area contributed by atoms with Crippen molar-refractivity contribution in [2.24, 2.45) is 5.92 Å². The van der Waals surface area contributed by atoms with Gasteiger partial charge in [0.25, 0.3) is 0 Å². The Morgan fingerprint density at radius 1 is 1.00 bits per heavy atom. The number of para-hydroxylation sites is 1. The summed E-state index contributed by atoms with van der Waals surface area (Å²) in [5.74, 6) is 0.0852. The molecule has 0 spiro atoms. The summed E-state index contributed by atoms with van der Waals surface area (Å²) in [6.07, 6.45) is -4.69. The van der Waals surface area contributed by atoms with Crippen LogP contribution in [0.1, 0.15) is 30.5 Å². The Hall–Kier alpha value is -3.53. The lowest BCUT2D eigenvalue weighted by atomic mass is 10.1. The molecule has 10 heteroatoms. The number of alkyl halides is 3. The molecule has 0 heterocycles. The molecule has 0 saturated heterocycles. The number of halogens is 3. The molecule has 0 aliphatic heterocycles. The highest BCUT2D eigenvalue weighted by molar-refractivity contribution is 7.87. The predicted octanol–water partition coefficient (Wildman–Crippen LogP) is 6.47. The quantitative estimate of drug-likeness (QED) is 0.346. The summed E-state index contributed by atoms with van der Waals surface area (Å²) in [5, 5.41) is 2.90. The normalized spacial score (nSPS) is 11.9. The van der Waals surface area contributed by atoms with E-state index in [2.05, 4.69) is 5.32 Å². The smallest absolute Gasteiger partial charge is 0.379 e. The minimum atomic E-state index is -4.69. The molecule has 0 atom stereocenters. The molecule has 3 rings (SSSR count). The van der Waals surface area contributed by atoms with Crippen LogP contribution in [0.4, 0.5) is 23.7 Å². The highest BCUT2D eigenvalue weighted by Gasteiger charge is 2.32. The number of rotatable bonds is 8. The van der Waals surface area contributed by atoms with E-state index in [1.807, 2.05) is 39.0 Å². The predicted molar refractivity (Wildman–Crippen MR) is 131 cm³/mol. The Balaban J connectivity index is 1.79. The standard InChI is InChI=1S/C26H27F3N2O4S/c1-18(2)16-31(25(32)30-24-13-5-4-8-19(24)3)17-20-9-6-11-22(14-20)35-36(33,34)23-12-7-10-21(15-23)26(27,28)29/h4-15,18H,16-17H2,1-3H3,(H,30,32). The molecule has 6 nitrogen and oxygen atoms in total. The van der Waals surface area contributed by atoms with Crippen LogP contribution in [-0.2, 0) is 22.8 Å². The first-order valence-corrected chi connectivity index (χ1v) is 12.6. The molecular formula is C26H27F3N2O4S. The van der Waals surface area contributed by atoms with Crippen molar-refractivity contribution in [3.05, 3.63) is 89.5 Å². The molecular weight excluding hydrogens is 493 g/mol. The van der Waals surface area contributed by atoms with Gasteiger partial charge < -0.3 is 14.4 Å². The minimum absolute atomic E-state index is 0.0753. The molecule has 1 N–H and O–H groups in total. The van der Waals surface area contributed by atoms with E-state index in [1.165, 1.54) is 12.1 Å². The first-order chi connectivity index (χ1) is 16.8. The van der Waals surface area contributed by atoms with Crippen molar-refractivity contribution < 1.29 is 30.6 Å². The Morgan fingerprint density at radius 3 is 2.36 bits per heavy atom. The van der Waals surface area contributed by atoms with Crippen molar-refractivity contribution in [2.75, 3.05) is 11.9 Å². The molecule has 36 heavy (non-hydrogen) atoms. The maximum absolute atomic E-state index is 13.0. The van der Waals surface area contributed by atoms with E-state index in [9.17, 15) is 26.4 Å². The molecule has 0 fully saturated rings. The van der Waals surface area contributed by atoms with Crippen LogP contribution in [0.25, 0.3) is 0 Å². The van der Waals surface area contributed by atoms with Crippen LogP contribution in [0, 0.1) is 12.8 Å². The fourth-order valence-corrected chi connectivity index (χ4v) is 4.46. The van der Waals surface area contributed by atoms with Gasteiger partial charge in [-0.05, 0) is 60.4 Å². The number of hydrogen-bond acceptors (Lipinski definition) is 4. The number of benzene rings is 3. The highest BCUT2D eigenvalue weighted by Crippen LogP contribution is 2.31. The van der Waals surface area contributed by atoms with E-state index >= 15 is 0 Å². The van der Waals surface area contributed by atoms with Gasteiger partial charge in [-0.2, -0.15) is 21.6 Å². The van der Waals surface area contributed by atoms with Crippen molar-refractivity contribution in [3.63, 3.8) is 0 Å². The zero-order valence-corrected chi connectivity index (χ0v) is 20.9. The Bertz CT molecular complexity index is 1320. The van der Waals surface area contributed by atoms with Gasteiger partial charge in [-0.15, -0.1) is 0 Å². The second-order valence-corrected chi connectivity index (χ2v) is 10.3. The van der Waals surface area contributed by atoms with E-state index in [0.717, 1.165) is 23.8 Å². The lowest BCUT2D eigenvalue weighted by Gasteiger charge is -2.25. The van der Waals surface area contributed by atoms with Crippen molar-refractivity contribution in [3.8, 4) is 5.75 Å². The molecule has 0 aliphatic carbocycles. The SMILES string of the molecule is Cc1ccccc1NC(=O)N(Cc1cccc(OS(=O)(=O)c2cccc(C(F)(F)F)c2)c1)CC(C)C. The Labute approximate surface area is 208 Å². The van der Waals surface area contributed by atoms with Crippen molar-refractivity contribution in [1.29, 1.82) is 0 Å². The average Bonchev–Trinajstić information content (AvgIpc) is 2.79. The number of urea groups is 1. The molecule has 0 unspecified atom stereocenters. The van der Waals surface area contributed by atoms with Crippen molar-refractivity contribution in [2.45, 2.75) is 38.4 Å². The van der Waals surface area contributed by atoms with Crippen molar-refractivity contribution >= 4 is 21.8 Å². The van der Waals surface area contributed by atoms with Gasteiger partial charge in [-0.25, -0.2) is 4.79 Å². The van der Waals surface area contributed by atoms with Crippen LogP contribution in [0.15, 0.2) is 77.7 Å². The molecule has 3 aromatic carbocycles. The van der Waals surface area contributed by atoms with Gasteiger partial charge >= 0.3 is 22.3 Å². The topological polar surface area (TPSA) is 75.7 Å². The number of anilines is 1. The van der Waals surface area contributed by atoms with Gasteiger partial charge in [0.1, 0.15) is 10.6 Å². The van der Waals surface area contributed by atoms with E-state index in [4.69, 9.17) is 4.18 Å². The first-order valence-electron chi connectivity index (χ1n) is 11.2. The van der Waals surface area contributed by atoms with Gasteiger partial charge in [0, 0.05) is 18.8 Å². The number of carbonyl (C=O) groups excluding carboxylic acids is 1. The maximum Gasteiger partial charge on any atom is 0.416 e. The summed E-state index contributed by atoms with van der Waals surface area (Å²) in [6.45, 7) is 6.42. The van der Waals surface area contributed by atoms with E-state index in [0.29, 0.717) is 23.9 Å². The first kappa shape index (κ1) is 27.1. The molecule has 0 saturated carbocycles. The average molecular weight is 521 g/mol. The molecule has 0 bridgehead atoms. The van der Waals surface area contributed by atoms with Crippen LogP contribution in [0.2, 0.25) is 0 Å². The molecule has 2 amide bonds. The van der Waals surface area contributed by atoms with Crippen LogP contribution in [0.5, 0.6) is 5.75 Å². The summed E-state index contributed by atoms with van der Waals surface area (Å²) in [4.78, 5) is 14.0. The molecule has 3 aromatic rings. The fraction of sp³-hybridized carbons (Fsp3) is 0.269. The molecule has 192 valence electrons. The second-order valence-electron chi connectivity index (χ2n) is 8.73. The Morgan fingerprint density at radius 2 is 1.69 bits per heavy atom. The van der Waals surface area contributed by atoms with Gasteiger partial charge in [-0.3, -0.25) is 0 Å². The summed E-state index contributed by atoms with van der Waals surface area (Å²) in [6, 6.07) is 16.5. The molecule has 0 aromatic heterocycles. The van der Waals surface area contributed by atoms with Gasteiger partial charge in [0.15, 0.2) is 0 Å². The third-order valence-corrected chi connectivity index (χ3v) is 6.43. The summed E-state index contributed by atoms with van der Waals surface area (Å²) in [5.41, 5.74) is 1.09. The van der Waals surface area contributed by atoms with Gasteiger partial charge in [-0.1, -0.05) is 50.2 Å². The number of carbonyl (C=O) groups is 1. The van der Waals surface area contributed by atoms with Gasteiger partial charge in [0.05, 0.1) is 5.56 Å². The number of amides is 2. The largest absolute Gasteiger partial charge is 0.416 e. The maximum atomic E-state index is 13.0. The van der Waals surface area contributed by atoms with Crippen LogP contribution in [-0.4, -0.2) is 25.9 Å². The summed E-state index contributed by atoms with van der Waals surface area (Å²) < 4.78 is 69.4. The monoisotopic (exact) mass is 520 g/mol. The number of aryl methyl sites for hydroxylation is 1. The highest BCUT2D eigenvalue weighted by atomic mass is 32.2. The second kappa shape index (κ2) is 11.0. The van der Waals surface area contributed by atoms with E-state index in [-0.39, 0.29) is 24.2 Å². The number of nitrogens with zero attached hydrogens (tertiary/aromatic N) is 1. The zero-order valence-electron chi connectivity index (χ0n) is 20.0. The lowest BCUT2D eigenvalue weighted by molar-refractivity contribution is -0.137. The fourth-order valence-electron chi connectivity index (χ4n) is 3.49. The van der Waals surface area contributed by atoms with E-state index < -0.39 is 26.8 Å². The third kappa shape index (κ3) is 7.24. The number of nitrogens with one attached hydrogen (secondary N) is 1. The lowest BCUT2D eigenvalue weighted by Crippen LogP contribution is -2.37. The number of hydrogen-bond donors (Lipinski definition) is 1. The van der Waals surface area contributed by atoms with Crippen LogP contribution >= 0.6 is 0 Å². The minimum Gasteiger partial charge on any atom is -0.379 e. The van der Waals surface area contributed by atoms with E-state index in [1.54, 1.807) is 23.1 Å². The molecule has 0 radical (unpaired) electrons. The van der Waals surface area contributed by atoms with Crippen LogP contribution in [0.3, 0.4) is 0 Å². The summed E-state index contributed by atoms with van der Waals surface area (Å²) in [7, 11) is -4.52. The Kier molecular flexibility index (Phi) is 8.29. The third-order valence-electron chi connectivity index (χ3n) is 5.19. The van der Waals surface area contributed by atoms with Crippen molar-refractivity contribution in [1.82, 2.24) is 4.90 Å².